The number of nitrogens with one attached hydrogen (secondary N) is 2. The molecule has 0 saturated heterocycles. The molecular formula is C14H22N4O3. The number of amides is 2. The zero-order chi connectivity index (χ0) is 15.3. The van der Waals surface area contributed by atoms with Gasteiger partial charge in [-0.05, 0) is 18.3 Å². The number of aryl methyl sites for hydroxylation is 1. The van der Waals surface area contributed by atoms with Crippen molar-refractivity contribution in [3.8, 4) is 0 Å². The minimum atomic E-state index is -0.799. The summed E-state index contributed by atoms with van der Waals surface area (Å²) in [7, 11) is 1.91. The number of hydrogen-bond donors (Lipinski definition) is 3. The molecule has 0 aliphatic heterocycles. The molecule has 1 heterocycles. The molecule has 2 amide bonds. The number of nitrogens with zero attached hydrogens (tertiary/aromatic N) is 2. The van der Waals surface area contributed by atoms with Crippen LogP contribution in [0.3, 0.4) is 0 Å². The van der Waals surface area contributed by atoms with E-state index in [1.54, 1.807) is 6.20 Å². The summed E-state index contributed by atoms with van der Waals surface area (Å²) in [6.45, 7) is 0.927. The summed E-state index contributed by atoms with van der Waals surface area (Å²) in [5, 5.41) is 14.5. The summed E-state index contributed by atoms with van der Waals surface area (Å²) in [4.78, 5) is 26.8. The summed E-state index contributed by atoms with van der Waals surface area (Å²) in [6, 6.07) is -0.249. The van der Waals surface area contributed by atoms with E-state index in [-0.39, 0.29) is 17.9 Å². The molecule has 0 spiro atoms. The van der Waals surface area contributed by atoms with Crippen molar-refractivity contribution in [3.05, 3.63) is 18.2 Å². The quantitative estimate of drug-likeness (QED) is 0.696. The molecule has 0 radical (unpaired) electrons. The Hall–Kier alpha value is -2.05. The number of aliphatic carboxylic acids is 1. The molecule has 7 heteroatoms. The number of rotatable bonds is 7. The van der Waals surface area contributed by atoms with Gasteiger partial charge in [0.15, 0.2) is 0 Å². The van der Waals surface area contributed by atoms with Crippen LogP contribution in [0.1, 0.15) is 31.5 Å². The lowest BCUT2D eigenvalue weighted by atomic mass is 9.66. The van der Waals surface area contributed by atoms with Gasteiger partial charge in [-0.25, -0.2) is 9.78 Å². The molecule has 1 aromatic rings. The van der Waals surface area contributed by atoms with Crippen molar-refractivity contribution >= 4 is 12.0 Å². The number of carbonyl (C=O) groups excluding carboxylic acids is 1. The Morgan fingerprint density at radius 2 is 2.19 bits per heavy atom. The Labute approximate surface area is 123 Å². The largest absolute Gasteiger partial charge is 0.481 e. The zero-order valence-electron chi connectivity index (χ0n) is 12.3. The van der Waals surface area contributed by atoms with Crippen molar-refractivity contribution in [2.24, 2.45) is 12.5 Å². The Balaban J connectivity index is 1.67. The third-order valence-corrected chi connectivity index (χ3v) is 4.12. The highest BCUT2D eigenvalue weighted by Gasteiger charge is 2.39. The van der Waals surface area contributed by atoms with Gasteiger partial charge in [0.05, 0.1) is 6.42 Å². The van der Waals surface area contributed by atoms with E-state index in [1.807, 2.05) is 17.8 Å². The van der Waals surface area contributed by atoms with Gasteiger partial charge in [0, 0.05) is 39.0 Å². The first kappa shape index (κ1) is 15.3. The van der Waals surface area contributed by atoms with Crippen molar-refractivity contribution in [2.75, 3.05) is 13.1 Å². The fraction of sp³-hybridized carbons (Fsp3) is 0.643. The van der Waals surface area contributed by atoms with E-state index in [0.29, 0.717) is 19.5 Å². The van der Waals surface area contributed by atoms with E-state index in [1.165, 1.54) is 0 Å². The highest BCUT2D eigenvalue weighted by Crippen LogP contribution is 2.43. The third-order valence-electron chi connectivity index (χ3n) is 4.12. The molecule has 3 N–H and O–H groups in total. The van der Waals surface area contributed by atoms with Crippen LogP contribution in [-0.2, 0) is 18.3 Å². The Bertz CT molecular complexity index is 508. The van der Waals surface area contributed by atoms with E-state index in [2.05, 4.69) is 15.6 Å². The highest BCUT2D eigenvalue weighted by atomic mass is 16.4. The fourth-order valence-corrected chi connectivity index (χ4v) is 2.67. The molecule has 1 fully saturated rings. The zero-order valence-corrected chi connectivity index (χ0v) is 12.3. The number of urea groups is 1. The molecule has 0 bridgehead atoms. The van der Waals surface area contributed by atoms with Crippen LogP contribution in [-0.4, -0.2) is 39.7 Å². The maximum atomic E-state index is 11.7. The van der Waals surface area contributed by atoms with Crippen LogP contribution in [0.2, 0.25) is 0 Å². The van der Waals surface area contributed by atoms with Gasteiger partial charge >= 0.3 is 12.0 Å². The summed E-state index contributed by atoms with van der Waals surface area (Å²) in [5.41, 5.74) is -0.247. The van der Waals surface area contributed by atoms with Crippen LogP contribution in [0.15, 0.2) is 12.4 Å². The minimum absolute atomic E-state index is 0.126. The number of carboxylic acids is 1. The monoisotopic (exact) mass is 294 g/mol. The smallest absolute Gasteiger partial charge is 0.314 e. The van der Waals surface area contributed by atoms with Crippen molar-refractivity contribution in [2.45, 2.75) is 32.1 Å². The maximum Gasteiger partial charge on any atom is 0.314 e. The van der Waals surface area contributed by atoms with E-state index < -0.39 is 5.97 Å². The van der Waals surface area contributed by atoms with Crippen molar-refractivity contribution in [1.29, 1.82) is 0 Å². The molecule has 7 nitrogen and oxygen atoms in total. The minimum Gasteiger partial charge on any atom is -0.481 e. The average Bonchev–Trinajstić information content (AvgIpc) is 2.78. The van der Waals surface area contributed by atoms with Crippen molar-refractivity contribution in [1.82, 2.24) is 20.2 Å². The molecule has 0 aromatic carbocycles. The van der Waals surface area contributed by atoms with Crippen LogP contribution in [0.5, 0.6) is 0 Å². The van der Waals surface area contributed by atoms with E-state index in [0.717, 1.165) is 25.1 Å². The third kappa shape index (κ3) is 4.21. The van der Waals surface area contributed by atoms with Gasteiger partial charge in [-0.15, -0.1) is 0 Å². The summed E-state index contributed by atoms with van der Waals surface area (Å²) in [5.74, 6) is 0.114. The maximum absolute atomic E-state index is 11.7. The molecule has 1 aromatic heterocycles. The second-order valence-electron chi connectivity index (χ2n) is 5.74. The lowest BCUT2D eigenvalue weighted by Gasteiger charge is -2.40. The standard InChI is InChI=1S/C14H22N4O3/c1-18-8-7-15-11(18)3-6-16-13(21)17-10-14(4-2-5-14)9-12(19)20/h7-8H,2-6,9-10H2,1H3,(H,19,20)(H2,16,17,21). The van der Waals surface area contributed by atoms with Crippen LogP contribution in [0, 0.1) is 5.41 Å². The second-order valence-corrected chi connectivity index (χ2v) is 5.74. The lowest BCUT2D eigenvalue weighted by Crippen LogP contribution is -2.46. The second kappa shape index (κ2) is 6.60. The number of carboxylic acid groups (broad SMARTS) is 1. The molecule has 0 unspecified atom stereocenters. The Morgan fingerprint density at radius 3 is 2.71 bits per heavy atom. The van der Waals surface area contributed by atoms with Gasteiger partial charge in [0.1, 0.15) is 5.82 Å². The predicted octanol–water partition coefficient (Wildman–Crippen LogP) is 0.907. The summed E-state index contributed by atoms with van der Waals surface area (Å²) in [6.07, 6.45) is 7.15. The van der Waals surface area contributed by atoms with Gasteiger partial charge in [0.2, 0.25) is 0 Å². The first-order valence-corrected chi connectivity index (χ1v) is 7.20. The average molecular weight is 294 g/mol. The summed E-state index contributed by atoms with van der Waals surface area (Å²) < 4.78 is 1.91. The molecule has 1 aliphatic carbocycles. The number of carbonyl (C=O) groups is 2. The van der Waals surface area contributed by atoms with E-state index in [4.69, 9.17) is 5.11 Å². The van der Waals surface area contributed by atoms with Crippen molar-refractivity contribution in [3.63, 3.8) is 0 Å². The molecule has 1 saturated carbocycles. The molecule has 116 valence electrons. The van der Waals surface area contributed by atoms with Crippen LogP contribution in [0.25, 0.3) is 0 Å². The van der Waals surface area contributed by atoms with Crippen LogP contribution in [0.4, 0.5) is 4.79 Å². The highest BCUT2D eigenvalue weighted by molar-refractivity contribution is 5.74. The molecular weight excluding hydrogens is 272 g/mol. The first-order valence-electron chi connectivity index (χ1n) is 7.20. The predicted molar refractivity (Wildman–Crippen MR) is 76.9 cm³/mol. The summed E-state index contributed by atoms with van der Waals surface area (Å²) >= 11 is 0. The molecule has 1 aliphatic rings. The van der Waals surface area contributed by atoms with Gasteiger partial charge in [0.25, 0.3) is 0 Å². The van der Waals surface area contributed by atoms with Gasteiger partial charge < -0.3 is 20.3 Å². The Kier molecular flexibility index (Phi) is 4.82. The van der Waals surface area contributed by atoms with E-state index in [9.17, 15) is 9.59 Å². The molecule has 0 atom stereocenters. The topological polar surface area (TPSA) is 96.3 Å². The lowest BCUT2D eigenvalue weighted by molar-refractivity contribution is -0.141. The van der Waals surface area contributed by atoms with E-state index >= 15 is 0 Å². The molecule has 21 heavy (non-hydrogen) atoms. The number of aromatic nitrogens is 2. The van der Waals surface area contributed by atoms with Gasteiger partial charge in [-0.2, -0.15) is 0 Å². The van der Waals surface area contributed by atoms with Crippen LogP contribution < -0.4 is 10.6 Å². The SMILES string of the molecule is Cn1ccnc1CCNC(=O)NCC1(CC(=O)O)CCC1. The normalized spacial score (nSPS) is 16.0. The van der Waals surface area contributed by atoms with Gasteiger partial charge in [-0.1, -0.05) is 6.42 Å². The first-order chi connectivity index (χ1) is 10.0. The van der Waals surface area contributed by atoms with Crippen molar-refractivity contribution < 1.29 is 14.7 Å². The van der Waals surface area contributed by atoms with Gasteiger partial charge in [-0.3, -0.25) is 4.79 Å². The number of imidazole rings is 1. The fourth-order valence-electron chi connectivity index (χ4n) is 2.67. The number of hydrogen-bond acceptors (Lipinski definition) is 3. The van der Waals surface area contributed by atoms with Crippen LogP contribution >= 0.6 is 0 Å². The Morgan fingerprint density at radius 1 is 1.43 bits per heavy atom. The molecule has 2 rings (SSSR count).